The quantitative estimate of drug-likeness (QED) is 0.822. The van der Waals surface area contributed by atoms with E-state index in [1.807, 2.05) is 9.80 Å². The highest BCUT2D eigenvalue weighted by Gasteiger charge is 2.33. The fraction of sp³-hybridized carbons (Fsp3) is 0.889. The van der Waals surface area contributed by atoms with Crippen molar-refractivity contribution in [2.45, 2.75) is 57.9 Å². The SMILES string of the molecule is C[C@H]1C[C@@H](C(=O)N2CCN(C(=O)C3CCCCC3)CC2)CCN1.Cl. The molecule has 3 fully saturated rings. The van der Waals surface area contributed by atoms with E-state index in [-0.39, 0.29) is 24.2 Å². The van der Waals surface area contributed by atoms with Gasteiger partial charge < -0.3 is 15.1 Å². The summed E-state index contributed by atoms with van der Waals surface area (Å²) in [5.74, 6) is 1.07. The second-order valence-electron chi connectivity index (χ2n) is 7.56. The Balaban J connectivity index is 0.00000208. The van der Waals surface area contributed by atoms with Crippen molar-refractivity contribution in [1.29, 1.82) is 0 Å². The van der Waals surface area contributed by atoms with Gasteiger partial charge >= 0.3 is 0 Å². The maximum absolute atomic E-state index is 12.7. The number of halogens is 1. The lowest BCUT2D eigenvalue weighted by Crippen LogP contribution is -2.54. The number of nitrogens with zero attached hydrogens (tertiary/aromatic N) is 2. The highest BCUT2D eigenvalue weighted by atomic mass is 35.5. The Morgan fingerprint density at radius 2 is 1.38 bits per heavy atom. The van der Waals surface area contributed by atoms with Crippen molar-refractivity contribution in [3.8, 4) is 0 Å². The molecule has 0 bridgehead atoms. The number of rotatable bonds is 2. The summed E-state index contributed by atoms with van der Waals surface area (Å²) in [5, 5.41) is 3.40. The number of amides is 2. The summed E-state index contributed by atoms with van der Waals surface area (Å²) in [6.07, 6.45) is 7.69. The van der Waals surface area contributed by atoms with Gasteiger partial charge in [-0.25, -0.2) is 0 Å². The van der Waals surface area contributed by atoms with Crippen LogP contribution < -0.4 is 5.32 Å². The zero-order valence-corrected chi connectivity index (χ0v) is 15.7. The molecule has 1 aliphatic carbocycles. The van der Waals surface area contributed by atoms with Crippen molar-refractivity contribution in [2.24, 2.45) is 11.8 Å². The Morgan fingerprint density at radius 3 is 1.92 bits per heavy atom. The Labute approximate surface area is 151 Å². The molecule has 3 rings (SSSR count). The predicted octanol–water partition coefficient (Wildman–Crippen LogP) is 2.05. The predicted molar refractivity (Wildman–Crippen MR) is 97.2 cm³/mol. The third kappa shape index (κ3) is 4.63. The van der Waals surface area contributed by atoms with E-state index in [0.717, 1.165) is 58.4 Å². The van der Waals surface area contributed by atoms with Gasteiger partial charge in [0.2, 0.25) is 11.8 Å². The van der Waals surface area contributed by atoms with Crippen LogP contribution in [0.2, 0.25) is 0 Å². The van der Waals surface area contributed by atoms with Crippen LogP contribution in [0.3, 0.4) is 0 Å². The van der Waals surface area contributed by atoms with E-state index in [1.54, 1.807) is 0 Å². The molecular weight excluding hydrogens is 326 g/mol. The average molecular weight is 358 g/mol. The number of piperidine rings is 1. The number of carbonyl (C=O) groups excluding carboxylic acids is 2. The maximum atomic E-state index is 12.7. The van der Waals surface area contributed by atoms with E-state index in [1.165, 1.54) is 19.3 Å². The Bertz CT molecular complexity index is 432. The van der Waals surface area contributed by atoms with Crippen LogP contribution in [0.5, 0.6) is 0 Å². The van der Waals surface area contributed by atoms with Crippen molar-refractivity contribution in [3.05, 3.63) is 0 Å². The number of hydrogen-bond acceptors (Lipinski definition) is 3. The molecule has 0 aromatic heterocycles. The summed E-state index contributed by atoms with van der Waals surface area (Å²) < 4.78 is 0. The van der Waals surface area contributed by atoms with Crippen LogP contribution in [0, 0.1) is 11.8 Å². The number of hydrogen-bond donors (Lipinski definition) is 1. The van der Waals surface area contributed by atoms with Gasteiger partial charge in [-0.2, -0.15) is 0 Å². The maximum Gasteiger partial charge on any atom is 0.225 e. The van der Waals surface area contributed by atoms with E-state index in [0.29, 0.717) is 17.9 Å². The van der Waals surface area contributed by atoms with E-state index < -0.39 is 0 Å². The smallest absolute Gasteiger partial charge is 0.225 e. The second-order valence-corrected chi connectivity index (χ2v) is 7.56. The van der Waals surface area contributed by atoms with Gasteiger partial charge in [0.05, 0.1) is 0 Å². The molecule has 1 N–H and O–H groups in total. The van der Waals surface area contributed by atoms with E-state index in [2.05, 4.69) is 12.2 Å². The van der Waals surface area contributed by atoms with Crippen LogP contribution in [0.25, 0.3) is 0 Å². The fourth-order valence-corrected chi connectivity index (χ4v) is 4.37. The van der Waals surface area contributed by atoms with E-state index >= 15 is 0 Å². The topological polar surface area (TPSA) is 52.7 Å². The molecule has 0 unspecified atom stereocenters. The van der Waals surface area contributed by atoms with Crippen molar-refractivity contribution < 1.29 is 9.59 Å². The second kappa shape index (κ2) is 9.04. The lowest BCUT2D eigenvalue weighted by molar-refractivity contribution is -0.145. The van der Waals surface area contributed by atoms with E-state index in [4.69, 9.17) is 0 Å². The average Bonchev–Trinajstić information content (AvgIpc) is 2.61. The minimum atomic E-state index is 0. The van der Waals surface area contributed by atoms with Crippen LogP contribution in [-0.2, 0) is 9.59 Å². The van der Waals surface area contributed by atoms with Crippen LogP contribution in [0.15, 0.2) is 0 Å². The molecule has 6 heteroatoms. The normalized spacial score (nSPS) is 29.0. The fourth-order valence-electron chi connectivity index (χ4n) is 4.37. The third-order valence-corrected chi connectivity index (χ3v) is 5.83. The molecule has 2 atom stereocenters. The van der Waals surface area contributed by atoms with Crippen LogP contribution in [0.1, 0.15) is 51.9 Å². The van der Waals surface area contributed by atoms with Gasteiger partial charge in [0, 0.05) is 44.1 Å². The first kappa shape index (κ1) is 19.5. The van der Waals surface area contributed by atoms with Crippen molar-refractivity contribution in [2.75, 3.05) is 32.7 Å². The molecule has 3 aliphatic rings. The highest BCUT2D eigenvalue weighted by molar-refractivity contribution is 5.85. The molecule has 0 aromatic carbocycles. The Kier molecular flexibility index (Phi) is 7.35. The summed E-state index contributed by atoms with van der Waals surface area (Å²) in [6.45, 7) is 5.98. The number of piperazine rings is 1. The lowest BCUT2D eigenvalue weighted by Gasteiger charge is -2.39. The van der Waals surface area contributed by atoms with Crippen LogP contribution >= 0.6 is 12.4 Å². The van der Waals surface area contributed by atoms with Gasteiger partial charge in [-0.3, -0.25) is 9.59 Å². The Morgan fingerprint density at radius 1 is 0.833 bits per heavy atom. The zero-order chi connectivity index (χ0) is 16.2. The molecule has 0 aromatic rings. The molecule has 5 nitrogen and oxygen atoms in total. The molecule has 138 valence electrons. The van der Waals surface area contributed by atoms with E-state index in [9.17, 15) is 9.59 Å². The third-order valence-electron chi connectivity index (χ3n) is 5.83. The van der Waals surface area contributed by atoms with Gasteiger partial charge in [0.1, 0.15) is 0 Å². The minimum Gasteiger partial charge on any atom is -0.339 e. The summed E-state index contributed by atoms with van der Waals surface area (Å²) in [4.78, 5) is 29.3. The van der Waals surface area contributed by atoms with Crippen molar-refractivity contribution >= 4 is 24.2 Å². The first-order valence-corrected chi connectivity index (χ1v) is 9.46. The zero-order valence-electron chi connectivity index (χ0n) is 14.8. The molecule has 2 aliphatic heterocycles. The van der Waals surface area contributed by atoms with Crippen molar-refractivity contribution in [1.82, 2.24) is 15.1 Å². The summed E-state index contributed by atoms with van der Waals surface area (Å²) in [6, 6.07) is 0.437. The van der Waals surface area contributed by atoms with Gasteiger partial charge in [0.15, 0.2) is 0 Å². The van der Waals surface area contributed by atoms with Crippen LogP contribution in [0.4, 0.5) is 0 Å². The number of carbonyl (C=O) groups is 2. The minimum absolute atomic E-state index is 0. The van der Waals surface area contributed by atoms with Crippen LogP contribution in [-0.4, -0.2) is 60.4 Å². The van der Waals surface area contributed by atoms with Gasteiger partial charge in [0.25, 0.3) is 0 Å². The summed E-state index contributed by atoms with van der Waals surface area (Å²) in [7, 11) is 0. The molecule has 1 saturated carbocycles. The van der Waals surface area contributed by atoms with Gasteiger partial charge in [-0.1, -0.05) is 19.3 Å². The Hall–Kier alpha value is -0.810. The molecule has 0 radical (unpaired) electrons. The summed E-state index contributed by atoms with van der Waals surface area (Å²) in [5.41, 5.74) is 0. The van der Waals surface area contributed by atoms with Gasteiger partial charge in [-0.05, 0) is 39.2 Å². The standard InChI is InChI=1S/C18H31N3O2.ClH/c1-14-13-16(7-8-19-14)18(23)21-11-9-20(10-12-21)17(22)15-5-3-2-4-6-15;/h14-16,19H,2-13H2,1H3;1H/t14-,16-;/m0./s1. The molecule has 2 heterocycles. The van der Waals surface area contributed by atoms with Crippen molar-refractivity contribution in [3.63, 3.8) is 0 Å². The van der Waals surface area contributed by atoms with Gasteiger partial charge in [-0.15, -0.1) is 12.4 Å². The highest BCUT2D eigenvalue weighted by Crippen LogP contribution is 2.26. The number of nitrogens with one attached hydrogen (secondary N) is 1. The molecular formula is C18H32ClN3O2. The molecule has 2 saturated heterocycles. The summed E-state index contributed by atoms with van der Waals surface area (Å²) >= 11 is 0. The largest absolute Gasteiger partial charge is 0.339 e. The molecule has 24 heavy (non-hydrogen) atoms. The molecule has 0 spiro atoms. The monoisotopic (exact) mass is 357 g/mol. The lowest BCUT2D eigenvalue weighted by atomic mass is 9.88. The first-order chi connectivity index (χ1) is 11.1. The first-order valence-electron chi connectivity index (χ1n) is 9.46. The molecule has 2 amide bonds.